The quantitative estimate of drug-likeness (QED) is 0.873. The molecule has 0 unspecified atom stereocenters. The molecule has 0 saturated heterocycles. The molecule has 22 heavy (non-hydrogen) atoms. The lowest BCUT2D eigenvalue weighted by Gasteiger charge is -2.17. The van der Waals surface area contributed by atoms with Gasteiger partial charge in [0.25, 0.3) is 0 Å². The molecule has 1 aliphatic rings. The first-order chi connectivity index (χ1) is 10.4. The molecule has 112 valence electrons. The highest BCUT2D eigenvalue weighted by atomic mass is 19.4. The van der Waals surface area contributed by atoms with Gasteiger partial charge < -0.3 is 5.73 Å². The van der Waals surface area contributed by atoms with Gasteiger partial charge in [0.05, 0.1) is 5.56 Å². The predicted octanol–water partition coefficient (Wildman–Crippen LogP) is 3.71. The topological polar surface area (TPSA) is 62.7 Å². The first-order valence-corrected chi connectivity index (χ1v) is 6.81. The number of aromatic nitrogens is 1. The van der Waals surface area contributed by atoms with Gasteiger partial charge in [-0.05, 0) is 36.5 Å². The van der Waals surface area contributed by atoms with Crippen LogP contribution in [-0.4, -0.2) is 4.98 Å². The van der Waals surface area contributed by atoms with Crippen molar-refractivity contribution in [2.45, 2.75) is 25.4 Å². The number of anilines is 1. The maximum absolute atomic E-state index is 13.3. The van der Waals surface area contributed by atoms with Crippen LogP contribution >= 0.6 is 0 Å². The number of nitrogens with two attached hydrogens (primary N) is 1. The average molecular weight is 303 g/mol. The van der Waals surface area contributed by atoms with Crippen LogP contribution in [0.15, 0.2) is 24.3 Å². The minimum atomic E-state index is -4.49. The first-order valence-electron chi connectivity index (χ1n) is 6.81. The van der Waals surface area contributed by atoms with Crippen LogP contribution in [0.1, 0.15) is 28.8 Å². The third-order valence-electron chi connectivity index (χ3n) is 3.87. The molecule has 1 heterocycles. The average Bonchev–Trinajstić information content (AvgIpc) is 2.92. The van der Waals surface area contributed by atoms with E-state index in [1.54, 1.807) is 0 Å². The molecule has 6 heteroatoms. The van der Waals surface area contributed by atoms with Crippen LogP contribution in [0.2, 0.25) is 0 Å². The van der Waals surface area contributed by atoms with Gasteiger partial charge in [0, 0.05) is 11.3 Å². The smallest absolute Gasteiger partial charge is 0.383 e. The molecule has 3 nitrogen and oxygen atoms in total. The van der Waals surface area contributed by atoms with Gasteiger partial charge in [-0.15, -0.1) is 0 Å². The van der Waals surface area contributed by atoms with Crippen molar-refractivity contribution in [3.63, 3.8) is 0 Å². The maximum atomic E-state index is 13.3. The molecule has 0 aliphatic heterocycles. The summed E-state index contributed by atoms with van der Waals surface area (Å²) >= 11 is 0. The Morgan fingerprint density at radius 3 is 2.59 bits per heavy atom. The summed E-state index contributed by atoms with van der Waals surface area (Å²) in [5.41, 5.74) is 6.75. The highest BCUT2D eigenvalue weighted by molar-refractivity contribution is 5.81. The fourth-order valence-corrected chi connectivity index (χ4v) is 2.96. The summed E-state index contributed by atoms with van der Waals surface area (Å²) in [6.45, 7) is 0. The van der Waals surface area contributed by atoms with Crippen LogP contribution in [0.4, 0.5) is 19.0 Å². The number of aryl methyl sites for hydroxylation is 1. The highest BCUT2D eigenvalue weighted by Gasteiger charge is 2.35. The number of nitriles is 1. The number of fused-ring (bicyclic) bond motifs is 1. The summed E-state index contributed by atoms with van der Waals surface area (Å²) in [5.74, 6) is -0.00451. The van der Waals surface area contributed by atoms with Gasteiger partial charge in [0.15, 0.2) is 0 Å². The van der Waals surface area contributed by atoms with Crippen molar-refractivity contribution in [1.82, 2.24) is 4.98 Å². The van der Waals surface area contributed by atoms with Gasteiger partial charge in [0.1, 0.15) is 17.5 Å². The summed E-state index contributed by atoms with van der Waals surface area (Å²) in [5, 5.41) is 9.33. The molecule has 0 atom stereocenters. The zero-order valence-corrected chi connectivity index (χ0v) is 11.5. The Labute approximate surface area is 125 Å². The number of nitrogen functional groups attached to an aromatic ring is 1. The largest absolute Gasteiger partial charge is 0.417 e. The summed E-state index contributed by atoms with van der Waals surface area (Å²) in [6, 6.07) is 7.19. The van der Waals surface area contributed by atoms with Gasteiger partial charge in [-0.25, -0.2) is 4.98 Å². The molecule has 1 aliphatic carbocycles. The fourth-order valence-electron chi connectivity index (χ4n) is 2.96. The van der Waals surface area contributed by atoms with E-state index < -0.39 is 11.7 Å². The minimum Gasteiger partial charge on any atom is -0.383 e. The normalized spacial score (nSPS) is 13.7. The van der Waals surface area contributed by atoms with Crippen LogP contribution in [0.5, 0.6) is 0 Å². The van der Waals surface area contributed by atoms with Gasteiger partial charge in [0.2, 0.25) is 0 Å². The second-order valence-corrected chi connectivity index (χ2v) is 5.18. The lowest BCUT2D eigenvalue weighted by molar-refractivity contribution is -0.137. The van der Waals surface area contributed by atoms with Gasteiger partial charge in [-0.1, -0.05) is 18.2 Å². The van der Waals surface area contributed by atoms with Crippen molar-refractivity contribution in [3.8, 4) is 17.2 Å². The van der Waals surface area contributed by atoms with E-state index >= 15 is 0 Å². The van der Waals surface area contributed by atoms with Crippen LogP contribution in [0, 0.1) is 11.3 Å². The molecule has 0 amide bonds. The predicted molar refractivity (Wildman–Crippen MR) is 75.8 cm³/mol. The zero-order valence-electron chi connectivity index (χ0n) is 11.5. The van der Waals surface area contributed by atoms with Crippen molar-refractivity contribution < 1.29 is 13.2 Å². The molecule has 3 rings (SSSR count). The minimum absolute atomic E-state index is 0.00111. The number of pyridine rings is 1. The second kappa shape index (κ2) is 5.02. The molecule has 0 saturated carbocycles. The molecule has 0 spiro atoms. The first kappa shape index (κ1) is 14.4. The third kappa shape index (κ3) is 2.19. The lowest BCUT2D eigenvalue weighted by atomic mass is 9.91. The van der Waals surface area contributed by atoms with E-state index in [0.717, 1.165) is 12.5 Å². The van der Waals surface area contributed by atoms with E-state index in [-0.39, 0.29) is 22.5 Å². The van der Waals surface area contributed by atoms with Crippen LogP contribution < -0.4 is 5.73 Å². The number of nitrogens with zero attached hydrogens (tertiary/aromatic N) is 2. The number of benzene rings is 1. The number of rotatable bonds is 1. The number of alkyl halides is 3. The SMILES string of the molecule is N#Cc1c(N)nc2c(c1-c1ccccc1C(F)(F)F)CCC2. The van der Waals surface area contributed by atoms with E-state index in [0.29, 0.717) is 24.1 Å². The Bertz CT molecular complexity index is 788. The van der Waals surface area contributed by atoms with Crippen LogP contribution in [0.3, 0.4) is 0 Å². The van der Waals surface area contributed by atoms with Crippen molar-refractivity contribution in [2.75, 3.05) is 5.73 Å². The highest BCUT2D eigenvalue weighted by Crippen LogP contribution is 2.42. The fraction of sp³-hybridized carbons (Fsp3) is 0.250. The van der Waals surface area contributed by atoms with Crippen molar-refractivity contribution in [1.29, 1.82) is 5.26 Å². The van der Waals surface area contributed by atoms with E-state index in [1.807, 2.05) is 6.07 Å². The Balaban J connectivity index is 2.38. The van der Waals surface area contributed by atoms with Crippen molar-refractivity contribution in [3.05, 3.63) is 46.6 Å². The van der Waals surface area contributed by atoms with Gasteiger partial charge >= 0.3 is 6.18 Å². The third-order valence-corrected chi connectivity index (χ3v) is 3.87. The Morgan fingerprint density at radius 1 is 1.18 bits per heavy atom. The van der Waals surface area contributed by atoms with Crippen LogP contribution in [0.25, 0.3) is 11.1 Å². The molecule has 1 aromatic heterocycles. The summed E-state index contributed by atoms with van der Waals surface area (Å²) in [6.07, 6.45) is -2.41. The van der Waals surface area contributed by atoms with Crippen molar-refractivity contribution >= 4 is 5.82 Å². The molecule has 0 radical (unpaired) electrons. The number of hydrogen-bond donors (Lipinski definition) is 1. The van der Waals surface area contributed by atoms with Gasteiger partial charge in [-0.3, -0.25) is 0 Å². The Kier molecular flexibility index (Phi) is 3.28. The molecule has 2 aromatic rings. The monoisotopic (exact) mass is 303 g/mol. The van der Waals surface area contributed by atoms with E-state index in [2.05, 4.69) is 4.98 Å². The lowest BCUT2D eigenvalue weighted by Crippen LogP contribution is -2.10. The van der Waals surface area contributed by atoms with E-state index in [9.17, 15) is 18.4 Å². The summed E-state index contributed by atoms with van der Waals surface area (Å²) in [4.78, 5) is 4.18. The molecular weight excluding hydrogens is 291 g/mol. The number of hydrogen-bond acceptors (Lipinski definition) is 3. The molecule has 2 N–H and O–H groups in total. The van der Waals surface area contributed by atoms with E-state index in [1.165, 1.54) is 18.2 Å². The van der Waals surface area contributed by atoms with E-state index in [4.69, 9.17) is 5.73 Å². The Hall–Kier alpha value is -2.55. The van der Waals surface area contributed by atoms with Crippen LogP contribution in [-0.2, 0) is 19.0 Å². The zero-order chi connectivity index (χ0) is 15.9. The molecule has 0 bridgehead atoms. The molecular formula is C16H12F3N3. The number of halogens is 3. The summed E-state index contributed by atoms with van der Waals surface area (Å²) < 4.78 is 39.9. The summed E-state index contributed by atoms with van der Waals surface area (Å²) in [7, 11) is 0. The molecule has 1 aromatic carbocycles. The second-order valence-electron chi connectivity index (χ2n) is 5.18. The molecule has 0 fully saturated rings. The Morgan fingerprint density at radius 2 is 1.91 bits per heavy atom. The standard InChI is InChI=1S/C16H12F3N3/c17-16(18,19)12-6-2-1-4-9(12)14-10-5-3-7-13(10)22-15(21)11(14)8-20/h1-2,4,6H,3,5,7H2,(H2,21,22). The van der Waals surface area contributed by atoms with Crippen molar-refractivity contribution in [2.24, 2.45) is 0 Å². The van der Waals surface area contributed by atoms with Gasteiger partial charge in [-0.2, -0.15) is 18.4 Å². The maximum Gasteiger partial charge on any atom is 0.417 e.